The SMILES string of the molecule is Cc1cc(C)c2c(CCCCN)c(-c3ccc(Cl)cc3Cl)[nH]c2c1. The smallest absolute Gasteiger partial charge is 0.0514 e. The van der Waals surface area contributed by atoms with Crippen LogP contribution in [0.5, 0.6) is 0 Å². The van der Waals surface area contributed by atoms with Gasteiger partial charge in [0.25, 0.3) is 0 Å². The van der Waals surface area contributed by atoms with Crippen molar-refractivity contribution < 1.29 is 0 Å². The van der Waals surface area contributed by atoms with Gasteiger partial charge >= 0.3 is 0 Å². The van der Waals surface area contributed by atoms with Gasteiger partial charge < -0.3 is 10.7 Å². The van der Waals surface area contributed by atoms with Crippen LogP contribution in [0.2, 0.25) is 10.0 Å². The van der Waals surface area contributed by atoms with E-state index in [2.05, 4.69) is 31.0 Å². The van der Waals surface area contributed by atoms with E-state index in [0.717, 1.165) is 42.6 Å². The van der Waals surface area contributed by atoms with Crippen LogP contribution in [0.4, 0.5) is 0 Å². The third-order valence-corrected chi connectivity index (χ3v) is 4.97. The van der Waals surface area contributed by atoms with Gasteiger partial charge in [0.2, 0.25) is 0 Å². The van der Waals surface area contributed by atoms with Crippen molar-refractivity contribution in [3.05, 3.63) is 57.1 Å². The van der Waals surface area contributed by atoms with Gasteiger partial charge in [0.05, 0.1) is 10.7 Å². The lowest BCUT2D eigenvalue weighted by Crippen LogP contribution is -1.99. The highest BCUT2D eigenvalue weighted by atomic mass is 35.5. The van der Waals surface area contributed by atoms with Crippen molar-refractivity contribution in [3.63, 3.8) is 0 Å². The van der Waals surface area contributed by atoms with E-state index in [-0.39, 0.29) is 0 Å². The first kappa shape index (κ1) is 17.3. The number of hydrogen-bond acceptors (Lipinski definition) is 1. The Morgan fingerprint density at radius 1 is 1.04 bits per heavy atom. The minimum absolute atomic E-state index is 0.650. The van der Waals surface area contributed by atoms with Gasteiger partial charge in [-0.05, 0) is 80.6 Å². The van der Waals surface area contributed by atoms with E-state index < -0.39 is 0 Å². The molecule has 0 radical (unpaired) electrons. The summed E-state index contributed by atoms with van der Waals surface area (Å²) in [6.07, 6.45) is 3.07. The normalized spacial score (nSPS) is 11.4. The lowest BCUT2D eigenvalue weighted by atomic mass is 9.97. The van der Waals surface area contributed by atoms with Crippen LogP contribution in [-0.2, 0) is 6.42 Å². The molecule has 3 aromatic rings. The average molecular weight is 361 g/mol. The summed E-state index contributed by atoms with van der Waals surface area (Å²) < 4.78 is 0. The van der Waals surface area contributed by atoms with Gasteiger partial charge in [-0.3, -0.25) is 0 Å². The molecule has 3 N–H and O–H groups in total. The summed E-state index contributed by atoms with van der Waals surface area (Å²) in [6.45, 7) is 5.01. The molecule has 1 heterocycles. The molecular weight excluding hydrogens is 339 g/mol. The van der Waals surface area contributed by atoms with E-state index in [1.165, 1.54) is 22.1 Å². The molecule has 3 rings (SSSR count). The van der Waals surface area contributed by atoms with Gasteiger partial charge in [0.15, 0.2) is 0 Å². The maximum Gasteiger partial charge on any atom is 0.0514 e. The molecule has 0 saturated heterocycles. The number of nitrogens with one attached hydrogen (secondary N) is 1. The highest BCUT2D eigenvalue weighted by Gasteiger charge is 2.17. The number of rotatable bonds is 5. The highest BCUT2D eigenvalue weighted by molar-refractivity contribution is 6.36. The van der Waals surface area contributed by atoms with Crippen LogP contribution in [0.15, 0.2) is 30.3 Å². The number of nitrogens with two attached hydrogens (primary N) is 1. The third-order valence-electron chi connectivity index (χ3n) is 4.42. The Morgan fingerprint density at radius 3 is 2.54 bits per heavy atom. The number of aromatic amines is 1. The van der Waals surface area contributed by atoms with E-state index in [4.69, 9.17) is 28.9 Å². The molecule has 126 valence electrons. The molecule has 0 aliphatic carbocycles. The fraction of sp³-hybridized carbons (Fsp3) is 0.300. The zero-order valence-corrected chi connectivity index (χ0v) is 15.6. The molecule has 2 nitrogen and oxygen atoms in total. The number of aromatic nitrogens is 1. The Balaban J connectivity index is 2.21. The number of halogens is 2. The second-order valence-corrected chi connectivity index (χ2v) is 7.20. The van der Waals surface area contributed by atoms with Crippen molar-refractivity contribution in [2.75, 3.05) is 6.54 Å². The van der Waals surface area contributed by atoms with Gasteiger partial charge in [0.1, 0.15) is 0 Å². The molecule has 0 aliphatic heterocycles. The van der Waals surface area contributed by atoms with E-state index in [1.807, 2.05) is 12.1 Å². The van der Waals surface area contributed by atoms with Crippen LogP contribution in [-0.4, -0.2) is 11.5 Å². The number of aryl methyl sites for hydroxylation is 3. The van der Waals surface area contributed by atoms with Crippen molar-refractivity contribution in [1.82, 2.24) is 4.98 Å². The molecule has 0 amide bonds. The summed E-state index contributed by atoms with van der Waals surface area (Å²) in [4.78, 5) is 3.59. The van der Waals surface area contributed by atoms with Crippen molar-refractivity contribution in [2.24, 2.45) is 5.73 Å². The van der Waals surface area contributed by atoms with Crippen LogP contribution in [0.25, 0.3) is 22.2 Å². The molecule has 0 bridgehead atoms. The van der Waals surface area contributed by atoms with E-state index in [9.17, 15) is 0 Å². The zero-order chi connectivity index (χ0) is 17.3. The number of unbranched alkanes of at least 4 members (excludes halogenated alkanes) is 1. The summed E-state index contributed by atoms with van der Waals surface area (Å²) >= 11 is 12.5. The summed E-state index contributed by atoms with van der Waals surface area (Å²) in [7, 11) is 0. The maximum absolute atomic E-state index is 6.47. The predicted molar refractivity (Wildman–Crippen MR) is 105 cm³/mol. The van der Waals surface area contributed by atoms with Crippen LogP contribution in [0.1, 0.15) is 29.5 Å². The molecule has 0 atom stereocenters. The minimum atomic E-state index is 0.650. The molecule has 2 aromatic carbocycles. The first-order valence-corrected chi connectivity index (χ1v) is 9.04. The van der Waals surface area contributed by atoms with Gasteiger partial charge in [-0.1, -0.05) is 29.3 Å². The fourth-order valence-corrected chi connectivity index (χ4v) is 3.92. The second-order valence-electron chi connectivity index (χ2n) is 6.35. The van der Waals surface area contributed by atoms with E-state index in [0.29, 0.717) is 10.0 Å². The predicted octanol–water partition coefficient (Wildman–Crippen LogP) is 6.04. The van der Waals surface area contributed by atoms with E-state index in [1.54, 1.807) is 6.07 Å². The molecule has 4 heteroatoms. The lowest BCUT2D eigenvalue weighted by molar-refractivity contribution is 0.748. The minimum Gasteiger partial charge on any atom is -0.354 e. The molecule has 0 unspecified atom stereocenters. The zero-order valence-electron chi connectivity index (χ0n) is 14.0. The van der Waals surface area contributed by atoms with Gasteiger partial charge in [0, 0.05) is 21.5 Å². The van der Waals surface area contributed by atoms with Crippen molar-refractivity contribution in [3.8, 4) is 11.3 Å². The van der Waals surface area contributed by atoms with Crippen LogP contribution in [0.3, 0.4) is 0 Å². The van der Waals surface area contributed by atoms with Crippen molar-refractivity contribution in [1.29, 1.82) is 0 Å². The Kier molecular flexibility index (Phi) is 5.19. The topological polar surface area (TPSA) is 41.8 Å². The monoisotopic (exact) mass is 360 g/mol. The van der Waals surface area contributed by atoms with Crippen LogP contribution < -0.4 is 5.73 Å². The van der Waals surface area contributed by atoms with Crippen molar-refractivity contribution >= 4 is 34.1 Å². The molecule has 0 spiro atoms. The highest BCUT2D eigenvalue weighted by Crippen LogP contribution is 2.38. The number of fused-ring (bicyclic) bond motifs is 1. The standard InChI is InChI=1S/C20H22Cl2N2/c1-12-9-13(2)19-16(5-3-4-8-23)20(24-18(19)10-12)15-7-6-14(21)11-17(15)22/h6-7,9-11,24H,3-5,8,23H2,1-2H3. The lowest BCUT2D eigenvalue weighted by Gasteiger charge is -2.08. The van der Waals surface area contributed by atoms with Gasteiger partial charge in [-0.25, -0.2) is 0 Å². The third kappa shape index (κ3) is 3.32. The summed E-state index contributed by atoms with van der Waals surface area (Å²) in [5.41, 5.74) is 12.8. The molecule has 1 aromatic heterocycles. The first-order valence-electron chi connectivity index (χ1n) is 8.28. The quantitative estimate of drug-likeness (QED) is 0.535. The Bertz CT molecular complexity index is 881. The molecule has 0 aliphatic rings. The maximum atomic E-state index is 6.47. The number of hydrogen-bond donors (Lipinski definition) is 2. The largest absolute Gasteiger partial charge is 0.354 e. The second kappa shape index (κ2) is 7.18. The molecule has 0 saturated carbocycles. The summed E-state index contributed by atoms with van der Waals surface area (Å²) in [5, 5.41) is 2.62. The van der Waals surface area contributed by atoms with Crippen molar-refractivity contribution in [2.45, 2.75) is 33.1 Å². The van der Waals surface area contributed by atoms with Crippen LogP contribution >= 0.6 is 23.2 Å². The fourth-order valence-electron chi connectivity index (χ4n) is 3.42. The average Bonchev–Trinajstić information content (AvgIpc) is 2.86. The Morgan fingerprint density at radius 2 is 1.83 bits per heavy atom. The Labute approximate surface area is 153 Å². The summed E-state index contributed by atoms with van der Waals surface area (Å²) in [6, 6.07) is 10.1. The molecular formula is C20H22Cl2N2. The first-order chi connectivity index (χ1) is 11.5. The van der Waals surface area contributed by atoms with Gasteiger partial charge in [-0.15, -0.1) is 0 Å². The summed E-state index contributed by atoms with van der Waals surface area (Å²) in [5.74, 6) is 0. The number of benzene rings is 2. The molecule has 24 heavy (non-hydrogen) atoms. The van der Waals surface area contributed by atoms with Gasteiger partial charge in [-0.2, -0.15) is 0 Å². The van der Waals surface area contributed by atoms with E-state index >= 15 is 0 Å². The van der Waals surface area contributed by atoms with Crippen LogP contribution in [0, 0.1) is 13.8 Å². The number of H-pyrrole nitrogens is 1. The molecule has 0 fully saturated rings. The Hall–Kier alpha value is -1.48.